The van der Waals surface area contributed by atoms with Gasteiger partial charge in [-0.3, -0.25) is 4.79 Å². The molecule has 0 aliphatic rings. The van der Waals surface area contributed by atoms with E-state index in [0.29, 0.717) is 23.0 Å². The van der Waals surface area contributed by atoms with E-state index in [2.05, 4.69) is 15.5 Å². The van der Waals surface area contributed by atoms with Gasteiger partial charge in [-0.05, 0) is 18.6 Å². The van der Waals surface area contributed by atoms with Crippen LogP contribution in [-0.4, -0.2) is 22.6 Å². The predicted molar refractivity (Wildman–Crippen MR) is 81.2 cm³/mol. The van der Waals surface area contributed by atoms with Crippen LogP contribution < -0.4 is 11.1 Å². The molecule has 0 bridgehead atoms. The van der Waals surface area contributed by atoms with Crippen LogP contribution in [0.1, 0.15) is 22.0 Å². The van der Waals surface area contributed by atoms with Gasteiger partial charge in [0.25, 0.3) is 5.91 Å². The molecule has 3 N–H and O–H groups in total. The lowest BCUT2D eigenvalue weighted by molar-refractivity contribution is 0.0927. The van der Waals surface area contributed by atoms with Gasteiger partial charge in [0.2, 0.25) is 5.13 Å². The molecule has 0 saturated heterocycles. The number of benzene rings is 1. The van der Waals surface area contributed by atoms with Crippen molar-refractivity contribution >= 4 is 33.3 Å². The Bertz CT molecular complexity index is 732. The minimum absolute atomic E-state index is 0.206. The molecule has 1 amide bonds. The summed E-state index contributed by atoms with van der Waals surface area (Å²) in [6, 6.07) is 9.28. The Morgan fingerprint density at radius 1 is 1.33 bits per heavy atom. The van der Waals surface area contributed by atoms with E-state index in [1.807, 2.05) is 24.3 Å². The SMILES string of the molecule is Nc1nnc(CCCNC(=O)c2cc3ccccc3o2)s1. The molecule has 0 aliphatic heterocycles. The summed E-state index contributed by atoms with van der Waals surface area (Å²) in [6.45, 7) is 0.551. The average molecular weight is 302 g/mol. The van der Waals surface area contributed by atoms with Crippen molar-refractivity contribution in [2.75, 3.05) is 12.3 Å². The third kappa shape index (κ3) is 3.19. The zero-order valence-electron chi connectivity index (χ0n) is 11.2. The van der Waals surface area contributed by atoms with Crippen molar-refractivity contribution in [3.8, 4) is 0 Å². The van der Waals surface area contributed by atoms with Crippen molar-refractivity contribution in [2.24, 2.45) is 0 Å². The number of nitrogens with two attached hydrogens (primary N) is 1. The van der Waals surface area contributed by atoms with Gasteiger partial charge in [0.05, 0.1) is 0 Å². The first-order chi connectivity index (χ1) is 10.2. The highest BCUT2D eigenvalue weighted by Crippen LogP contribution is 2.18. The molecule has 3 rings (SSSR count). The van der Waals surface area contributed by atoms with Crippen molar-refractivity contribution in [1.29, 1.82) is 0 Å². The Morgan fingerprint density at radius 3 is 2.95 bits per heavy atom. The molecular formula is C14H14N4O2S. The van der Waals surface area contributed by atoms with Gasteiger partial charge in [-0.2, -0.15) is 0 Å². The summed E-state index contributed by atoms with van der Waals surface area (Å²) < 4.78 is 5.50. The van der Waals surface area contributed by atoms with E-state index in [0.717, 1.165) is 23.2 Å². The normalized spacial score (nSPS) is 10.9. The third-order valence-corrected chi connectivity index (χ3v) is 3.80. The van der Waals surface area contributed by atoms with Gasteiger partial charge in [0, 0.05) is 18.4 Å². The van der Waals surface area contributed by atoms with Crippen molar-refractivity contribution in [3.05, 3.63) is 41.1 Å². The number of hydrogen-bond acceptors (Lipinski definition) is 6. The van der Waals surface area contributed by atoms with E-state index < -0.39 is 0 Å². The van der Waals surface area contributed by atoms with Crippen LogP contribution in [0.25, 0.3) is 11.0 Å². The minimum Gasteiger partial charge on any atom is -0.451 e. The summed E-state index contributed by atoms with van der Waals surface area (Å²) in [4.78, 5) is 12.0. The Labute approximate surface area is 125 Å². The number of nitrogens with zero attached hydrogens (tertiary/aromatic N) is 2. The molecule has 6 nitrogen and oxygen atoms in total. The smallest absolute Gasteiger partial charge is 0.287 e. The maximum atomic E-state index is 12.0. The van der Waals surface area contributed by atoms with Gasteiger partial charge in [0.15, 0.2) is 5.76 Å². The van der Waals surface area contributed by atoms with E-state index in [9.17, 15) is 4.79 Å². The van der Waals surface area contributed by atoms with Gasteiger partial charge in [-0.25, -0.2) is 0 Å². The lowest BCUT2D eigenvalue weighted by Crippen LogP contribution is -2.24. The largest absolute Gasteiger partial charge is 0.451 e. The molecular weight excluding hydrogens is 288 g/mol. The third-order valence-electron chi connectivity index (χ3n) is 2.98. The molecule has 0 spiro atoms. The van der Waals surface area contributed by atoms with E-state index in [1.54, 1.807) is 6.07 Å². The summed E-state index contributed by atoms with van der Waals surface area (Å²) in [7, 11) is 0. The first-order valence-electron chi connectivity index (χ1n) is 6.57. The summed E-state index contributed by atoms with van der Waals surface area (Å²) in [5.74, 6) is 0.124. The van der Waals surface area contributed by atoms with E-state index in [-0.39, 0.29) is 5.91 Å². The second kappa shape index (κ2) is 5.92. The van der Waals surface area contributed by atoms with Crippen LogP contribution in [0.15, 0.2) is 34.7 Å². The quantitative estimate of drug-likeness (QED) is 0.705. The van der Waals surface area contributed by atoms with Crippen LogP contribution >= 0.6 is 11.3 Å². The molecule has 7 heteroatoms. The highest BCUT2D eigenvalue weighted by atomic mass is 32.1. The molecule has 0 atom stereocenters. The fraction of sp³-hybridized carbons (Fsp3) is 0.214. The van der Waals surface area contributed by atoms with Crippen molar-refractivity contribution < 1.29 is 9.21 Å². The number of rotatable bonds is 5. The lowest BCUT2D eigenvalue weighted by atomic mass is 10.2. The van der Waals surface area contributed by atoms with E-state index in [1.165, 1.54) is 11.3 Å². The Morgan fingerprint density at radius 2 is 2.19 bits per heavy atom. The number of fused-ring (bicyclic) bond motifs is 1. The van der Waals surface area contributed by atoms with E-state index in [4.69, 9.17) is 10.2 Å². The first kappa shape index (κ1) is 13.6. The standard InChI is InChI=1S/C14H14N4O2S/c15-14-18-17-12(21-14)6-3-7-16-13(19)11-8-9-4-1-2-5-10(9)20-11/h1-2,4-5,8H,3,6-7H2,(H2,15,18)(H,16,19). The van der Waals surface area contributed by atoms with Crippen molar-refractivity contribution in [3.63, 3.8) is 0 Å². The van der Waals surface area contributed by atoms with E-state index >= 15 is 0 Å². The van der Waals surface area contributed by atoms with Crippen molar-refractivity contribution in [2.45, 2.75) is 12.8 Å². The molecule has 0 radical (unpaired) electrons. The van der Waals surface area contributed by atoms with Gasteiger partial charge < -0.3 is 15.5 Å². The molecule has 1 aromatic carbocycles. The monoisotopic (exact) mass is 302 g/mol. The Kier molecular flexibility index (Phi) is 3.83. The van der Waals surface area contributed by atoms with Gasteiger partial charge in [0.1, 0.15) is 10.6 Å². The molecule has 108 valence electrons. The second-order valence-electron chi connectivity index (χ2n) is 4.54. The van der Waals surface area contributed by atoms with Crippen LogP contribution in [0.5, 0.6) is 0 Å². The van der Waals surface area contributed by atoms with Gasteiger partial charge in [-0.1, -0.05) is 29.5 Å². The van der Waals surface area contributed by atoms with Crippen LogP contribution in [0.2, 0.25) is 0 Å². The maximum absolute atomic E-state index is 12.0. The molecule has 0 fully saturated rings. The Hall–Kier alpha value is -2.41. The number of furan rings is 1. The summed E-state index contributed by atoms with van der Waals surface area (Å²) >= 11 is 1.37. The average Bonchev–Trinajstić information content (AvgIpc) is 3.09. The Balaban J connectivity index is 1.52. The van der Waals surface area contributed by atoms with Crippen molar-refractivity contribution in [1.82, 2.24) is 15.5 Å². The number of para-hydroxylation sites is 1. The summed E-state index contributed by atoms with van der Waals surface area (Å²) in [6.07, 6.45) is 1.52. The molecule has 2 aromatic heterocycles. The van der Waals surface area contributed by atoms with Crippen LogP contribution in [0.3, 0.4) is 0 Å². The molecule has 21 heavy (non-hydrogen) atoms. The first-order valence-corrected chi connectivity index (χ1v) is 7.38. The fourth-order valence-electron chi connectivity index (χ4n) is 1.99. The fourth-order valence-corrected chi connectivity index (χ4v) is 2.64. The predicted octanol–water partition coefficient (Wildman–Crippen LogP) is 2.23. The van der Waals surface area contributed by atoms with Crippen LogP contribution in [0.4, 0.5) is 5.13 Å². The zero-order chi connectivity index (χ0) is 14.7. The van der Waals surface area contributed by atoms with Gasteiger partial charge in [-0.15, -0.1) is 10.2 Å². The lowest BCUT2D eigenvalue weighted by Gasteiger charge is -2.01. The number of carbonyl (C=O) groups excluding carboxylic acids is 1. The molecule has 0 saturated carbocycles. The minimum atomic E-state index is -0.206. The number of nitrogens with one attached hydrogen (secondary N) is 1. The number of aryl methyl sites for hydroxylation is 1. The zero-order valence-corrected chi connectivity index (χ0v) is 12.0. The molecule has 0 aliphatic carbocycles. The maximum Gasteiger partial charge on any atom is 0.287 e. The highest BCUT2D eigenvalue weighted by Gasteiger charge is 2.11. The molecule has 2 heterocycles. The number of aromatic nitrogens is 2. The number of amides is 1. The molecule has 3 aromatic rings. The van der Waals surface area contributed by atoms with Crippen LogP contribution in [0, 0.1) is 0 Å². The number of hydrogen-bond donors (Lipinski definition) is 2. The summed E-state index contributed by atoms with van der Waals surface area (Å²) in [5, 5.41) is 12.8. The summed E-state index contributed by atoms with van der Waals surface area (Å²) in [5.41, 5.74) is 6.22. The molecule has 0 unspecified atom stereocenters. The van der Waals surface area contributed by atoms with Gasteiger partial charge >= 0.3 is 0 Å². The van der Waals surface area contributed by atoms with Crippen LogP contribution in [-0.2, 0) is 6.42 Å². The second-order valence-corrected chi connectivity index (χ2v) is 5.64. The number of anilines is 1. The number of nitrogen functional groups attached to an aromatic ring is 1. The number of carbonyl (C=O) groups is 1. The highest BCUT2D eigenvalue weighted by molar-refractivity contribution is 7.15. The topological polar surface area (TPSA) is 94.0 Å².